The fraction of sp³-hybridized carbons (Fsp3) is 0.783. The van der Waals surface area contributed by atoms with Crippen LogP contribution in [0.3, 0.4) is 0 Å². The Balaban J connectivity index is 1.74. The fourth-order valence-corrected chi connectivity index (χ4v) is 8.70. The number of hydrogen-bond donors (Lipinski definition) is 1. The van der Waals surface area contributed by atoms with Crippen molar-refractivity contribution in [2.24, 2.45) is 34.5 Å². The van der Waals surface area contributed by atoms with Gasteiger partial charge in [0.2, 0.25) is 0 Å². The van der Waals surface area contributed by atoms with Crippen molar-refractivity contribution in [2.75, 3.05) is 6.61 Å². The molecule has 3 fully saturated rings. The zero-order valence-electron chi connectivity index (χ0n) is 17.2. The summed E-state index contributed by atoms with van der Waals surface area (Å²) in [5, 5.41) is 9.82. The van der Waals surface area contributed by atoms with Crippen LogP contribution in [-0.2, 0) is 14.4 Å². The van der Waals surface area contributed by atoms with Crippen molar-refractivity contribution in [1.29, 1.82) is 0 Å². The summed E-state index contributed by atoms with van der Waals surface area (Å²) in [5.74, 6) is 1.46. The van der Waals surface area contributed by atoms with Gasteiger partial charge in [-0.05, 0) is 73.2 Å². The van der Waals surface area contributed by atoms with Crippen LogP contribution < -0.4 is 0 Å². The smallest absolute Gasteiger partial charge is 0.186 e. The van der Waals surface area contributed by atoms with Gasteiger partial charge in [0.15, 0.2) is 16.7 Å². The first-order valence-corrected chi connectivity index (χ1v) is 11.6. The lowest BCUT2D eigenvalue weighted by Gasteiger charge is -2.60. The van der Waals surface area contributed by atoms with E-state index in [1.807, 2.05) is 6.08 Å². The molecule has 0 aromatic heterocycles. The van der Waals surface area contributed by atoms with E-state index in [-0.39, 0.29) is 45.3 Å². The molecule has 28 heavy (non-hydrogen) atoms. The Hall–Kier alpha value is -0.940. The van der Waals surface area contributed by atoms with Crippen molar-refractivity contribution < 1.29 is 19.5 Å². The first kappa shape index (κ1) is 20.3. The van der Waals surface area contributed by atoms with E-state index in [1.165, 1.54) is 17.3 Å². The first-order chi connectivity index (χ1) is 13.2. The number of aliphatic hydroxyl groups is 1. The number of thioether (sulfide) groups is 1. The summed E-state index contributed by atoms with van der Waals surface area (Å²) in [5.41, 5.74) is 1.24. The summed E-state index contributed by atoms with van der Waals surface area (Å²) in [6.07, 6.45) is 8.16. The van der Waals surface area contributed by atoms with Crippen molar-refractivity contribution in [3.05, 3.63) is 11.6 Å². The van der Waals surface area contributed by atoms with E-state index < -0.39 is 0 Å². The molecule has 4 aliphatic carbocycles. The molecule has 0 aromatic carbocycles. The third-order valence-electron chi connectivity index (χ3n) is 8.82. The molecule has 0 aliphatic heterocycles. The normalized spacial score (nSPS) is 44.9. The van der Waals surface area contributed by atoms with Gasteiger partial charge >= 0.3 is 0 Å². The topological polar surface area (TPSA) is 71.4 Å². The van der Waals surface area contributed by atoms with Gasteiger partial charge in [0.25, 0.3) is 0 Å². The molecule has 0 aromatic rings. The second-order valence-electron chi connectivity index (χ2n) is 9.99. The average molecular weight is 405 g/mol. The predicted octanol–water partition coefficient (Wildman–Crippen LogP) is 3.95. The highest BCUT2D eigenvalue weighted by Crippen LogP contribution is 2.68. The van der Waals surface area contributed by atoms with E-state index in [2.05, 4.69) is 13.8 Å². The van der Waals surface area contributed by atoms with Crippen molar-refractivity contribution in [1.82, 2.24) is 0 Å². The standard InChI is InChI=1S/C23H32O4S/c1-13(25)28-20-11-14-10-15(26)6-8-22(14,2)18-7-9-23(3)16(19(27)12-24)4-5-17(23)21(18)20/h10,16-18,20-21,24H,4-9,11-12H2,1-3H3/t16-,17+,18+,20-,21+,22+,23-/m1/s1. The minimum absolute atomic E-state index is 0.00918. The molecule has 4 nitrogen and oxygen atoms in total. The lowest BCUT2D eigenvalue weighted by Crippen LogP contribution is -2.55. The molecule has 7 atom stereocenters. The van der Waals surface area contributed by atoms with E-state index in [1.54, 1.807) is 6.92 Å². The largest absolute Gasteiger partial charge is 0.389 e. The maximum atomic E-state index is 12.5. The first-order valence-electron chi connectivity index (χ1n) is 10.8. The van der Waals surface area contributed by atoms with Crippen LogP contribution in [-0.4, -0.2) is 33.6 Å². The van der Waals surface area contributed by atoms with Crippen molar-refractivity contribution in [3.8, 4) is 0 Å². The van der Waals surface area contributed by atoms with Crippen LogP contribution in [0, 0.1) is 34.5 Å². The average Bonchev–Trinajstić information content (AvgIpc) is 2.99. The number of carbonyl (C=O) groups excluding carboxylic acids is 3. The number of carbonyl (C=O) groups is 3. The van der Waals surface area contributed by atoms with E-state index >= 15 is 0 Å². The molecule has 0 heterocycles. The molecule has 0 unspecified atom stereocenters. The van der Waals surface area contributed by atoms with Gasteiger partial charge in [-0.15, -0.1) is 0 Å². The second-order valence-corrected chi connectivity index (χ2v) is 11.4. The van der Waals surface area contributed by atoms with E-state index in [4.69, 9.17) is 0 Å². The molecule has 5 heteroatoms. The number of Topliss-reactive ketones (excluding diaryl/α,β-unsaturated/α-hetero) is 1. The van der Waals surface area contributed by atoms with Crippen molar-refractivity contribution >= 4 is 28.4 Å². The lowest BCUT2D eigenvalue weighted by atomic mass is 9.46. The van der Waals surface area contributed by atoms with Gasteiger partial charge in [0.1, 0.15) is 6.61 Å². The number of fused-ring (bicyclic) bond motifs is 5. The molecule has 0 bridgehead atoms. The predicted molar refractivity (Wildman–Crippen MR) is 110 cm³/mol. The molecular formula is C23H32O4S. The zero-order chi connectivity index (χ0) is 20.3. The molecule has 0 saturated heterocycles. The minimum Gasteiger partial charge on any atom is -0.389 e. The third-order valence-corrected chi connectivity index (χ3v) is 9.94. The highest BCUT2D eigenvalue weighted by Gasteiger charge is 2.62. The van der Waals surface area contributed by atoms with E-state index in [9.17, 15) is 19.5 Å². The number of hydrogen-bond acceptors (Lipinski definition) is 5. The van der Waals surface area contributed by atoms with Crippen LogP contribution in [0.5, 0.6) is 0 Å². The summed E-state index contributed by atoms with van der Waals surface area (Å²) < 4.78 is 0. The van der Waals surface area contributed by atoms with Gasteiger partial charge in [-0.3, -0.25) is 14.4 Å². The Morgan fingerprint density at radius 1 is 1.18 bits per heavy atom. The Kier molecular flexibility index (Phi) is 5.15. The Morgan fingerprint density at radius 2 is 1.93 bits per heavy atom. The molecule has 0 radical (unpaired) electrons. The van der Waals surface area contributed by atoms with E-state index in [0.717, 1.165) is 38.5 Å². The number of rotatable bonds is 3. The molecule has 0 amide bonds. The monoisotopic (exact) mass is 404 g/mol. The van der Waals surface area contributed by atoms with Crippen LogP contribution in [0.15, 0.2) is 11.6 Å². The Bertz CT molecular complexity index is 743. The van der Waals surface area contributed by atoms with Gasteiger partial charge in [0.05, 0.1) is 0 Å². The molecule has 1 N–H and O–H groups in total. The molecule has 4 aliphatic rings. The summed E-state index contributed by atoms with van der Waals surface area (Å²) in [6, 6.07) is 0. The lowest BCUT2D eigenvalue weighted by molar-refractivity contribution is -0.133. The summed E-state index contributed by atoms with van der Waals surface area (Å²) in [6.45, 7) is 5.88. The second kappa shape index (κ2) is 7.09. The molecule has 3 saturated carbocycles. The SMILES string of the molecule is CC(=O)S[C@@H]1CC2=CC(=O)CC[C@]2(C)[C@H]2CC[C@]3(C)[C@@H](C(=O)CO)CC[C@H]3[C@H]12. The summed E-state index contributed by atoms with van der Waals surface area (Å²) >= 11 is 1.45. The van der Waals surface area contributed by atoms with Crippen LogP contribution in [0.1, 0.15) is 65.7 Å². The van der Waals surface area contributed by atoms with E-state index in [0.29, 0.717) is 24.2 Å². The fourth-order valence-electron chi connectivity index (χ4n) is 7.47. The molecule has 4 rings (SSSR count). The van der Waals surface area contributed by atoms with Crippen LogP contribution in [0.25, 0.3) is 0 Å². The third kappa shape index (κ3) is 2.96. The summed E-state index contributed by atoms with van der Waals surface area (Å²) in [7, 11) is 0. The highest BCUT2D eigenvalue weighted by atomic mass is 32.2. The highest BCUT2D eigenvalue weighted by molar-refractivity contribution is 8.14. The van der Waals surface area contributed by atoms with Crippen LogP contribution >= 0.6 is 11.8 Å². The van der Waals surface area contributed by atoms with Gasteiger partial charge in [-0.1, -0.05) is 31.2 Å². The summed E-state index contributed by atoms with van der Waals surface area (Å²) in [4.78, 5) is 36.7. The van der Waals surface area contributed by atoms with Crippen molar-refractivity contribution in [2.45, 2.75) is 71.0 Å². The van der Waals surface area contributed by atoms with Gasteiger partial charge in [-0.25, -0.2) is 0 Å². The van der Waals surface area contributed by atoms with Crippen LogP contribution in [0.2, 0.25) is 0 Å². The van der Waals surface area contributed by atoms with Crippen LogP contribution in [0.4, 0.5) is 0 Å². The number of aliphatic hydroxyl groups excluding tert-OH is 1. The quantitative estimate of drug-likeness (QED) is 0.771. The molecule has 0 spiro atoms. The number of ketones is 2. The van der Waals surface area contributed by atoms with Crippen molar-refractivity contribution in [3.63, 3.8) is 0 Å². The number of allylic oxidation sites excluding steroid dienone is 1. The molecule has 154 valence electrons. The zero-order valence-corrected chi connectivity index (χ0v) is 18.0. The Morgan fingerprint density at radius 3 is 2.61 bits per heavy atom. The minimum atomic E-state index is -0.362. The van der Waals surface area contributed by atoms with Gasteiger partial charge in [-0.2, -0.15) is 0 Å². The maximum Gasteiger partial charge on any atom is 0.186 e. The van der Waals surface area contributed by atoms with Gasteiger partial charge < -0.3 is 5.11 Å². The Labute approximate surface area is 171 Å². The maximum absolute atomic E-state index is 12.5. The molecular weight excluding hydrogens is 372 g/mol. The van der Waals surface area contributed by atoms with Gasteiger partial charge in [0, 0.05) is 24.5 Å².